The zero-order valence-electron chi connectivity index (χ0n) is 10.9. The number of carbonyl (C=O) groups is 1. The molecular weight excluding hydrogens is 370 g/mol. The van der Waals surface area contributed by atoms with E-state index in [9.17, 15) is 9.18 Å². The van der Waals surface area contributed by atoms with Crippen LogP contribution in [0.15, 0.2) is 48.5 Å². The maximum absolute atomic E-state index is 12.8. The van der Waals surface area contributed by atoms with Crippen LogP contribution in [0.5, 0.6) is 0 Å². The molecule has 5 heteroatoms. The third-order valence-electron chi connectivity index (χ3n) is 2.71. The minimum Gasteiger partial charge on any atom is -0.374 e. The van der Waals surface area contributed by atoms with Crippen LogP contribution >= 0.6 is 22.6 Å². The Balaban J connectivity index is 1.96. The van der Waals surface area contributed by atoms with Crippen LogP contribution in [0.1, 0.15) is 6.92 Å². The molecule has 20 heavy (non-hydrogen) atoms. The summed E-state index contributed by atoms with van der Waals surface area (Å²) in [6.45, 7) is 1.78. The van der Waals surface area contributed by atoms with Gasteiger partial charge in [0.15, 0.2) is 0 Å². The highest BCUT2D eigenvalue weighted by atomic mass is 127. The summed E-state index contributed by atoms with van der Waals surface area (Å²) in [6.07, 6.45) is 0. The van der Waals surface area contributed by atoms with E-state index in [0.717, 1.165) is 9.26 Å². The van der Waals surface area contributed by atoms with Crippen molar-refractivity contribution in [2.24, 2.45) is 0 Å². The number of anilines is 2. The number of benzene rings is 2. The van der Waals surface area contributed by atoms with Crippen molar-refractivity contribution in [3.05, 3.63) is 57.9 Å². The number of amides is 1. The second-order valence-corrected chi connectivity index (χ2v) is 5.62. The molecule has 2 rings (SSSR count). The van der Waals surface area contributed by atoms with E-state index >= 15 is 0 Å². The molecule has 104 valence electrons. The summed E-state index contributed by atoms with van der Waals surface area (Å²) < 4.78 is 13.9. The van der Waals surface area contributed by atoms with Gasteiger partial charge in [0, 0.05) is 14.9 Å². The highest BCUT2D eigenvalue weighted by Crippen LogP contribution is 2.14. The Bertz CT molecular complexity index is 601. The maximum Gasteiger partial charge on any atom is 0.246 e. The standard InChI is InChI=1S/C15H14FIN2O/c1-10(18-14-4-2-3-12(17)9-14)15(20)19-13-7-5-11(16)6-8-13/h2-10,18H,1H3,(H,19,20)/t10-/m0/s1. The Morgan fingerprint density at radius 3 is 2.50 bits per heavy atom. The Hall–Kier alpha value is -1.63. The van der Waals surface area contributed by atoms with Crippen LogP contribution in [0, 0.1) is 9.39 Å². The van der Waals surface area contributed by atoms with Gasteiger partial charge in [0.25, 0.3) is 0 Å². The summed E-state index contributed by atoms with van der Waals surface area (Å²) in [7, 11) is 0. The van der Waals surface area contributed by atoms with Crippen LogP contribution in [0.2, 0.25) is 0 Å². The maximum atomic E-state index is 12.8. The SMILES string of the molecule is C[C@H](Nc1cccc(I)c1)C(=O)Nc1ccc(F)cc1. The highest BCUT2D eigenvalue weighted by Gasteiger charge is 2.12. The molecule has 2 N–H and O–H groups in total. The number of carbonyl (C=O) groups excluding carboxylic acids is 1. The van der Waals surface area contributed by atoms with E-state index in [0.29, 0.717) is 5.69 Å². The third-order valence-corrected chi connectivity index (χ3v) is 3.38. The quantitative estimate of drug-likeness (QED) is 0.786. The Kier molecular flexibility index (Phi) is 4.94. The summed E-state index contributed by atoms with van der Waals surface area (Å²) in [4.78, 5) is 12.0. The average Bonchev–Trinajstić information content (AvgIpc) is 2.41. The van der Waals surface area contributed by atoms with Gasteiger partial charge in [-0.1, -0.05) is 6.07 Å². The molecule has 0 aromatic heterocycles. The Morgan fingerprint density at radius 2 is 1.85 bits per heavy atom. The first-order chi connectivity index (χ1) is 9.54. The first-order valence-corrected chi connectivity index (χ1v) is 7.21. The molecule has 1 amide bonds. The van der Waals surface area contributed by atoms with Crippen molar-refractivity contribution in [3.63, 3.8) is 0 Å². The summed E-state index contributed by atoms with van der Waals surface area (Å²) in [5.41, 5.74) is 1.46. The van der Waals surface area contributed by atoms with Crippen molar-refractivity contribution >= 4 is 39.9 Å². The monoisotopic (exact) mass is 384 g/mol. The fourth-order valence-corrected chi connectivity index (χ4v) is 2.22. The fourth-order valence-electron chi connectivity index (χ4n) is 1.68. The Labute approximate surface area is 130 Å². The minimum atomic E-state index is -0.391. The van der Waals surface area contributed by atoms with Gasteiger partial charge in [-0.25, -0.2) is 4.39 Å². The van der Waals surface area contributed by atoms with Gasteiger partial charge in [-0.3, -0.25) is 4.79 Å². The van der Waals surface area contributed by atoms with Crippen LogP contribution in [-0.2, 0) is 4.79 Å². The summed E-state index contributed by atoms with van der Waals surface area (Å²) >= 11 is 2.22. The second kappa shape index (κ2) is 6.69. The average molecular weight is 384 g/mol. The molecule has 0 unspecified atom stereocenters. The number of nitrogens with one attached hydrogen (secondary N) is 2. The molecule has 0 spiro atoms. The van der Waals surface area contributed by atoms with E-state index in [-0.39, 0.29) is 11.7 Å². The van der Waals surface area contributed by atoms with Crippen LogP contribution in [0.3, 0.4) is 0 Å². The van der Waals surface area contributed by atoms with Crippen LogP contribution in [0.4, 0.5) is 15.8 Å². The van der Waals surface area contributed by atoms with Crippen molar-refractivity contribution in [1.82, 2.24) is 0 Å². The van der Waals surface area contributed by atoms with E-state index in [4.69, 9.17) is 0 Å². The summed E-state index contributed by atoms with van der Waals surface area (Å²) in [5.74, 6) is -0.497. The van der Waals surface area contributed by atoms with E-state index in [2.05, 4.69) is 33.2 Å². The van der Waals surface area contributed by atoms with E-state index < -0.39 is 6.04 Å². The molecule has 0 saturated carbocycles. The first kappa shape index (κ1) is 14.8. The summed E-state index contributed by atoms with van der Waals surface area (Å²) in [5, 5.41) is 5.86. The van der Waals surface area contributed by atoms with Crippen LogP contribution in [0.25, 0.3) is 0 Å². The number of hydrogen-bond donors (Lipinski definition) is 2. The molecule has 0 aliphatic heterocycles. The highest BCUT2D eigenvalue weighted by molar-refractivity contribution is 14.1. The van der Waals surface area contributed by atoms with Crippen molar-refractivity contribution < 1.29 is 9.18 Å². The third kappa shape index (κ3) is 4.19. The molecule has 2 aromatic carbocycles. The summed E-state index contributed by atoms with van der Waals surface area (Å²) in [6, 6.07) is 13.1. The second-order valence-electron chi connectivity index (χ2n) is 4.37. The van der Waals surface area contributed by atoms with E-state index in [1.165, 1.54) is 24.3 Å². The lowest BCUT2D eigenvalue weighted by molar-refractivity contribution is -0.116. The van der Waals surface area contributed by atoms with Crippen LogP contribution < -0.4 is 10.6 Å². The van der Waals surface area contributed by atoms with Crippen LogP contribution in [-0.4, -0.2) is 11.9 Å². The van der Waals surface area contributed by atoms with Gasteiger partial charge in [0.05, 0.1) is 0 Å². The van der Waals surface area contributed by atoms with Crippen molar-refractivity contribution in [2.75, 3.05) is 10.6 Å². The van der Waals surface area contributed by atoms with Crippen molar-refractivity contribution in [3.8, 4) is 0 Å². The Morgan fingerprint density at radius 1 is 1.15 bits per heavy atom. The molecule has 1 atom stereocenters. The zero-order valence-corrected chi connectivity index (χ0v) is 13.0. The van der Waals surface area contributed by atoms with Gasteiger partial charge < -0.3 is 10.6 Å². The smallest absolute Gasteiger partial charge is 0.246 e. The molecule has 0 fully saturated rings. The van der Waals surface area contributed by atoms with Gasteiger partial charge in [-0.05, 0) is 72.0 Å². The largest absolute Gasteiger partial charge is 0.374 e. The predicted octanol–water partition coefficient (Wildman–Crippen LogP) is 3.87. The molecule has 0 bridgehead atoms. The topological polar surface area (TPSA) is 41.1 Å². The van der Waals surface area contributed by atoms with Gasteiger partial charge in [0.2, 0.25) is 5.91 Å². The number of halogens is 2. The molecule has 0 aliphatic carbocycles. The van der Waals surface area contributed by atoms with E-state index in [1.807, 2.05) is 24.3 Å². The van der Waals surface area contributed by atoms with Gasteiger partial charge >= 0.3 is 0 Å². The first-order valence-electron chi connectivity index (χ1n) is 6.13. The molecule has 2 aromatic rings. The van der Waals surface area contributed by atoms with Gasteiger partial charge in [0.1, 0.15) is 11.9 Å². The zero-order chi connectivity index (χ0) is 14.5. The number of hydrogen-bond acceptors (Lipinski definition) is 2. The molecule has 3 nitrogen and oxygen atoms in total. The van der Waals surface area contributed by atoms with Crippen molar-refractivity contribution in [2.45, 2.75) is 13.0 Å². The fraction of sp³-hybridized carbons (Fsp3) is 0.133. The normalized spacial score (nSPS) is 11.8. The predicted molar refractivity (Wildman–Crippen MR) is 87.3 cm³/mol. The molecule has 0 heterocycles. The number of rotatable bonds is 4. The lowest BCUT2D eigenvalue weighted by Crippen LogP contribution is -2.31. The van der Waals surface area contributed by atoms with Crippen molar-refractivity contribution in [1.29, 1.82) is 0 Å². The lowest BCUT2D eigenvalue weighted by atomic mass is 10.2. The van der Waals surface area contributed by atoms with E-state index in [1.54, 1.807) is 6.92 Å². The molecule has 0 saturated heterocycles. The molecule has 0 aliphatic rings. The van der Waals surface area contributed by atoms with Gasteiger partial charge in [-0.15, -0.1) is 0 Å². The molecule has 0 radical (unpaired) electrons. The minimum absolute atomic E-state index is 0.171. The lowest BCUT2D eigenvalue weighted by Gasteiger charge is -2.15. The van der Waals surface area contributed by atoms with Gasteiger partial charge in [-0.2, -0.15) is 0 Å². The molecular formula is C15H14FIN2O.